The molecule has 0 N–H and O–H groups in total. The number of amides is 1. The molecular weight excluding hydrogens is 303 g/mol. The molecular formula is C13H16Cl2N2O3. The van der Waals surface area contributed by atoms with Crippen molar-refractivity contribution in [3.8, 4) is 0 Å². The summed E-state index contributed by atoms with van der Waals surface area (Å²) in [5.74, 6) is 0.694. The largest absolute Gasteiger partial charge is 0.341 e. The van der Waals surface area contributed by atoms with Gasteiger partial charge in [0.2, 0.25) is 0 Å². The lowest BCUT2D eigenvalue weighted by atomic mass is 9.95. The van der Waals surface area contributed by atoms with Crippen LogP contribution in [0.4, 0.5) is 5.69 Å². The second-order valence-corrected chi connectivity index (χ2v) is 5.21. The molecule has 0 fully saturated rings. The standard InChI is InChI=1S/C13H15ClN2O3.ClH/c1-15-8-9(4-5-14)6-10-2-3-11(16(18)19)7-12(10)13(15)17;/h2-3,7,9H,4-6,8H2,1H3;1H. The van der Waals surface area contributed by atoms with E-state index in [1.54, 1.807) is 18.0 Å². The van der Waals surface area contributed by atoms with E-state index in [0.29, 0.717) is 23.9 Å². The van der Waals surface area contributed by atoms with Crippen LogP contribution in [0.2, 0.25) is 0 Å². The van der Waals surface area contributed by atoms with E-state index in [9.17, 15) is 14.9 Å². The molecule has 1 aliphatic heterocycles. The molecule has 0 radical (unpaired) electrons. The maximum absolute atomic E-state index is 12.2. The molecule has 1 amide bonds. The number of carbonyl (C=O) groups is 1. The summed E-state index contributed by atoms with van der Waals surface area (Å²) in [5.41, 5.74) is 1.26. The number of carbonyl (C=O) groups excluding carboxylic acids is 1. The highest BCUT2D eigenvalue weighted by Gasteiger charge is 2.26. The zero-order chi connectivity index (χ0) is 14.0. The van der Waals surface area contributed by atoms with Gasteiger partial charge in [-0.25, -0.2) is 0 Å². The van der Waals surface area contributed by atoms with Crippen molar-refractivity contribution >= 4 is 35.6 Å². The highest BCUT2D eigenvalue weighted by molar-refractivity contribution is 6.17. The van der Waals surface area contributed by atoms with Crippen LogP contribution in [-0.2, 0) is 6.42 Å². The molecule has 0 aromatic heterocycles. The van der Waals surface area contributed by atoms with E-state index in [-0.39, 0.29) is 24.0 Å². The number of hydrogen-bond donors (Lipinski definition) is 0. The van der Waals surface area contributed by atoms with E-state index in [4.69, 9.17) is 11.6 Å². The number of alkyl halides is 1. The van der Waals surface area contributed by atoms with Crippen LogP contribution in [0.1, 0.15) is 22.3 Å². The highest BCUT2D eigenvalue weighted by atomic mass is 35.5. The number of nitro groups is 1. The molecule has 5 nitrogen and oxygen atoms in total. The monoisotopic (exact) mass is 318 g/mol. The SMILES string of the molecule is CN1CC(CCCl)Cc2ccc([N+](=O)[O-])cc2C1=O.Cl. The Balaban J connectivity index is 0.00000200. The van der Waals surface area contributed by atoms with Gasteiger partial charge in [0.1, 0.15) is 0 Å². The van der Waals surface area contributed by atoms with E-state index in [0.717, 1.165) is 18.4 Å². The van der Waals surface area contributed by atoms with E-state index < -0.39 is 4.92 Å². The Kier molecular flexibility index (Phi) is 5.77. The van der Waals surface area contributed by atoms with Crippen molar-refractivity contribution in [2.45, 2.75) is 12.8 Å². The first kappa shape index (κ1) is 16.7. The third-order valence-corrected chi connectivity index (χ3v) is 3.66. The van der Waals surface area contributed by atoms with Gasteiger partial charge in [-0.3, -0.25) is 14.9 Å². The Morgan fingerprint density at radius 2 is 2.20 bits per heavy atom. The van der Waals surface area contributed by atoms with Crippen LogP contribution in [0.3, 0.4) is 0 Å². The fourth-order valence-electron chi connectivity index (χ4n) is 2.45. The Morgan fingerprint density at radius 3 is 2.80 bits per heavy atom. The van der Waals surface area contributed by atoms with Crippen molar-refractivity contribution in [2.24, 2.45) is 5.92 Å². The van der Waals surface area contributed by atoms with E-state index >= 15 is 0 Å². The number of rotatable bonds is 3. The summed E-state index contributed by atoms with van der Waals surface area (Å²) in [5, 5.41) is 10.8. The molecule has 0 spiro atoms. The zero-order valence-corrected chi connectivity index (χ0v) is 12.6. The molecule has 1 unspecified atom stereocenters. The van der Waals surface area contributed by atoms with Crippen LogP contribution in [0.5, 0.6) is 0 Å². The second-order valence-electron chi connectivity index (χ2n) is 4.83. The number of non-ortho nitro benzene ring substituents is 1. The maximum atomic E-state index is 12.2. The minimum absolute atomic E-state index is 0. The third kappa shape index (κ3) is 3.41. The van der Waals surface area contributed by atoms with Crippen LogP contribution in [-0.4, -0.2) is 35.2 Å². The lowest BCUT2D eigenvalue weighted by Gasteiger charge is -2.19. The molecule has 0 aliphatic carbocycles. The number of hydrogen-bond acceptors (Lipinski definition) is 3. The maximum Gasteiger partial charge on any atom is 0.270 e. The normalized spacial score (nSPS) is 18.0. The Bertz CT molecular complexity index is 522. The van der Waals surface area contributed by atoms with Gasteiger partial charge in [-0.15, -0.1) is 24.0 Å². The number of nitrogens with zero attached hydrogens (tertiary/aromatic N) is 2. The molecule has 110 valence electrons. The third-order valence-electron chi connectivity index (χ3n) is 3.44. The van der Waals surface area contributed by atoms with Gasteiger partial charge in [0.05, 0.1) is 4.92 Å². The van der Waals surface area contributed by atoms with Crippen LogP contribution in [0, 0.1) is 16.0 Å². The first-order chi connectivity index (χ1) is 9.02. The number of halogens is 2. The molecule has 0 saturated carbocycles. The number of fused-ring (bicyclic) bond motifs is 1. The predicted octanol–water partition coefficient (Wildman–Crippen LogP) is 2.89. The summed E-state index contributed by atoms with van der Waals surface area (Å²) in [6, 6.07) is 4.51. The highest BCUT2D eigenvalue weighted by Crippen LogP contribution is 2.26. The first-order valence-corrected chi connectivity index (χ1v) is 6.65. The van der Waals surface area contributed by atoms with E-state index in [2.05, 4.69) is 0 Å². The van der Waals surface area contributed by atoms with Crippen molar-refractivity contribution in [1.29, 1.82) is 0 Å². The average molecular weight is 319 g/mol. The van der Waals surface area contributed by atoms with Crippen molar-refractivity contribution < 1.29 is 9.72 Å². The summed E-state index contributed by atoms with van der Waals surface area (Å²) in [7, 11) is 1.72. The fourth-order valence-corrected chi connectivity index (χ4v) is 2.76. The molecule has 20 heavy (non-hydrogen) atoms. The first-order valence-electron chi connectivity index (χ1n) is 6.11. The van der Waals surface area contributed by atoms with Gasteiger partial charge in [0, 0.05) is 37.2 Å². The number of nitro benzene ring substituents is 1. The van der Waals surface area contributed by atoms with Gasteiger partial charge >= 0.3 is 0 Å². The topological polar surface area (TPSA) is 63.4 Å². The van der Waals surface area contributed by atoms with Gasteiger partial charge in [0.25, 0.3) is 11.6 Å². The molecule has 1 heterocycles. The molecule has 1 aromatic rings. The Morgan fingerprint density at radius 1 is 1.50 bits per heavy atom. The number of benzene rings is 1. The molecule has 0 bridgehead atoms. The molecule has 2 rings (SSSR count). The summed E-state index contributed by atoms with van der Waals surface area (Å²) in [6.45, 7) is 0.633. The fraction of sp³-hybridized carbons (Fsp3) is 0.462. The molecule has 1 atom stereocenters. The van der Waals surface area contributed by atoms with Crippen LogP contribution < -0.4 is 0 Å². The quantitative estimate of drug-likeness (QED) is 0.489. The molecule has 7 heteroatoms. The molecule has 1 aromatic carbocycles. The van der Waals surface area contributed by atoms with Gasteiger partial charge in [-0.2, -0.15) is 0 Å². The van der Waals surface area contributed by atoms with Crippen molar-refractivity contribution in [3.63, 3.8) is 0 Å². The average Bonchev–Trinajstić information content (AvgIpc) is 2.48. The van der Waals surface area contributed by atoms with Crippen LogP contribution in [0.25, 0.3) is 0 Å². The van der Waals surface area contributed by atoms with Crippen LogP contribution in [0.15, 0.2) is 18.2 Å². The minimum Gasteiger partial charge on any atom is -0.341 e. The van der Waals surface area contributed by atoms with Crippen molar-refractivity contribution in [2.75, 3.05) is 19.5 Å². The lowest BCUT2D eigenvalue weighted by Crippen LogP contribution is -2.30. The Hall–Kier alpha value is -1.33. The second kappa shape index (κ2) is 6.90. The van der Waals surface area contributed by atoms with Gasteiger partial charge in [0.15, 0.2) is 0 Å². The van der Waals surface area contributed by atoms with Crippen molar-refractivity contribution in [1.82, 2.24) is 4.90 Å². The minimum atomic E-state index is -0.477. The van der Waals surface area contributed by atoms with Gasteiger partial charge in [-0.1, -0.05) is 6.07 Å². The Labute approximate surface area is 128 Å². The van der Waals surface area contributed by atoms with E-state index in [1.807, 2.05) is 0 Å². The van der Waals surface area contributed by atoms with Crippen molar-refractivity contribution in [3.05, 3.63) is 39.4 Å². The van der Waals surface area contributed by atoms with Crippen LogP contribution >= 0.6 is 24.0 Å². The summed E-state index contributed by atoms with van der Waals surface area (Å²) in [6.07, 6.45) is 1.56. The van der Waals surface area contributed by atoms with Gasteiger partial charge < -0.3 is 4.90 Å². The molecule has 1 aliphatic rings. The zero-order valence-electron chi connectivity index (χ0n) is 11.0. The molecule has 0 saturated heterocycles. The summed E-state index contributed by atoms with van der Waals surface area (Å²) in [4.78, 5) is 24.2. The lowest BCUT2D eigenvalue weighted by molar-refractivity contribution is -0.384. The predicted molar refractivity (Wildman–Crippen MR) is 79.8 cm³/mol. The van der Waals surface area contributed by atoms with Gasteiger partial charge in [-0.05, 0) is 24.3 Å². The summed E-state index contributed by atoms with van der Waals surface area (Å²) < 4.78 is 0. The summed E-state index contributed by atoms with van der Waals surface area (Å²) >= 11 is 5.77. The smallest absolute Gasteiger partial charge is 0.270 e. The van der Waals surface area contributed by atoms with E-state index in [1.165, 1.54) is 12.1 Å².